The van der Waals surface area contributed by atoms with Crippen LogP contribution in [0.4, 0.5) is 5.69 Å². The molecule has 20 heavy (non-hydrogen) atoms. The fourth-order valence-corrected chi connectivity index (χ4v) is 3.23. The van der Waals surface area contributed by atoms with Crippen molar-refractivity contribution in [3.8, 4) is 0 Å². The first-order valence-electron chi connectivity index (χ1n) is 6.12. The Morgan fingerprint density at radius 3 is 2.45 bits per heavy atom. The van der Waals surface area contributed by atoms with Crippen molar-refractivity contribution < 1.29 is 8.42 Å². The molecule has 0 spiro atoms. The van der Waals surface area contributed by atoms with E-state index in [0.29, 0.717) is 12.2 Å². The summed E-state index contributed by atoms with van der Waals surface area (Å²) in [5, 5.41) is 0. The quantitative estimate of drug-likeness (QED) is 0.871. The zero-order chi connectivity index (χ0) is 14.8. The number of aryl methyl sites for hydroxylation is 1. The highest BCUT2D eigenvalue weighted by Gasteiger charge is 2.21. The summed E-state index contributed by atoms with van der Waals surface area (Å²) >= 11 is 0. The molecule has 0 fully saturated rings. The van der Waals surface area contributed by atoms with Gasteiger partial charge in [0.1, 0.15) is 0 Å². The zero-order valence-electron chi connectivity index (χ0n) is 11.4. The summed E-state index contributed by atoms with van der Waals surface area (Å²) < 4.78 is 26.3. The van der Waals surface area contributed by atoms with E-state index in [1.165, 1.54) is 10.4 Å². The Morgan fingerprint density at radius 2 is 1.85 bits per heavy atom. The lowest BCUT2D eigenvalue weighted by Crippen LogP contribution is -2.26. The number of nitrogens with zero attached hydrogens (tertiary/aromatic N) is 2. The van der Waals surface area contributed by atoms with Crippen molar-refractivity contribution in [2.45, 2.75) is 18.4 Å². The summed E-state index contributed by atoms with van der Waals surface area (Å²) in [7, 11) is -2.00. The molecule has 0 aliphatic carbocycles. The molecule has 2 rings (SSSR count). The lowest BCUT2D eigenvalue weighted by Gasteiger charge is -2.18. The van der Waals surface area contributed by atoms with Crippen LogP contribution >= 0.6 is 0 Å². The lowest BCUT2D eigenvalue weighted by atomic mass is 10.2. The maximum atomic E-state index is 12.5. The highest BCUT2D eigenvalue weighted by atomic mass is 32.2. The van der Waals surface area contributed by atoms with Gasteiger partial charge in [-0.15, -0.1) is 0 Å². The van der Waals surface area contributed by atoms with Gasteiger partial charge in [-0.2, -0.15) is 4.31 Å². The van der Waals surface area contributed by atoms with Crippen molar-refractivity contribution in [2.24, 2.45) is 0 Å². The molecule has 0 unspecified atom stereocenters. The van der Waals surface area contributed by atoms with Crippen LogP contribution in [0.1, 0.15) is 11.1 Å². The third-order valence-electron chi connectivity index (χ3n) is 2.94. The zero-order valence-corrected chi connectivity index (χ0v) is 12.3. The number of pyridine rings is 1. The smallest absolute Gasteiger partial charge is 0.243 e. The van der Waals surface area contributed by atoms with E-state index in [0.717, 1.165) is 11.1 Å². The largest absolute Gasteiger partial charge is 0.399 e. The van der Waals surface area contributed by atoms with Gasteiger partial charge in [0.25, 0.3) is 0 Å². The van der Waals surface area contributed by atoms with E-state index in [9.17, 15) is 8.42 Å². The summed E-state index contributed by atoms with van der Waals surface area (Å²) in [5.74, 6) is 0. The Balaban J connectivity index is 2.30. The van der Waals surface area contributed by atoms with E-state index in [1.54, 1.807) is 43.7 Å². The minimum absolute atomic E-state index is 0.214. The fraction of sp³-hybridized carbons (Fsp3) is 0.214. The molecule has 0 aliphatic heterocycles. The van der Waals surface area contributed by atoms with Gasteiger partial charge in [-0.3, -0.25) is 4.98 Å². The SMILES string of the molecule is Cc1cc(N)cc(S(=O)(=O)N(C)Cc2ccncc2)c1. The molecule has 1 aromatic carbocycles. The highest BCUT2D eigenvalue weighted by molar-refractivity contribution is 7.89. The minimum atomic E-state index is -3.55. The number of hydrogen-bond donors (Lipinski definition) is 1. The second kappa shape index (κ2) is 5.60. The normalized spacial score (nSPS) is 11.8. The van der Waals surface area contributed by atoms with Crippen molar-refractivity contribution in [1.29, 1.82) is 0 Å². The van der Waals surface area contributed by atoms with Crippen molar-refractivity contribution in [3.63, 3.8) is 0 Å². The van der Waals surface area contributed by atoms with E-state index in [-0.39, 0.29) is 4.90 Å². The molecule has 0 aliphatic rings. The number of sulfonamides is 1. The number of hydrogen-bond acceptors (Lipinski definition) is 4. The Bertz CT molecular complexity index is 679. The maximum Gasteiger partial charge on any atom is 0.243 e. The molecule has 6 heteroatoms. The lowest BCUT2D eigenvalue weighted by molar-refractivity contribution is 0.466. The summed E-state index contributed by atoms with van der Waals surface area (Å²) in [5.41, 5.74) is 7.86. The van der Waals surface area contributed by atoms with Crippen LogP contribution < -0.4 is 5.73 Å². The first-order chi connectivity index (χ1) is 9.39. The summed E-state index contributed by atoms with van der Waals surface area (Å²) in [6.07, 6.45) is 3.28. The Labute approximate surface area is 119 Å². The van der Waals surface area contributed by atoms with Crippen molar-refractivity contribution in [3.05, 3.63) is 53.9 Å². The van der Waals surface area contributed by atoms with Gasteiger partial charge in [0.05, 0.1) is 4.90 Å². The van der Waals surface area contributed by atoms with Crippen LogP contribution in [0.25, 0.3) is 0 Å². The molecule has 0 saturated heterocycles. The minimum Gasteiger partial charge on any atom is -0.399 e. The fourth-order valence-electron chi connectivity index (χ4n) is 1.94. The second-order valence-electron chi connectivity index (χ2n) is 4.70. The van der Waals surface area contributed by atoms with Crippen LogP contribution in [0.5, 0.6) is 0 Å². The van der Waals surface area contributed by atoms with Gasteiger partial charge in [-0.25, -0.2) is 8.42 Å². The number of aromatic nitrogens is 1. The number of rotatable bonds is 4. The molecule has 5 nitrogen and oxygen atoms in total. The van der Waals surface area contributed by atoms with Crippen LogP contribution in [-0.4, -0.2) is 24.8 Å². The van der Waals surface area contributed by atoms with E-state index in [1.807, 2.05) is 6.92 Å². The summed E-state index contributed by atoms with van der Waals surface area (Å²) in [6, 6.07) is 8.41. The van der Waals surface area contributed by atoms with Gasteiger partial charge in [0.2, 0.25) is 10.0 Å². The molecule has 0 radical (unpaired) electrons. The molecule has 1 aromatic heterocycles. The van der Waals surface area contributed by atoms with Crippen LogP contribution in [-0.2, 0) is 16.6 Å². The monoisotopic (exact) mass is 291 g/mol. The molecule has 1 heterocycles. The van der Waals surface area contributed by atoms with Gasteiger partial charge in [0.15, 0.2) is 0 Å². The first-order valence-corrected chi connectivity index (χ1v) is 7.56. The van der Waals surface area contributed by atoms with Crippen molar-refractivity contribution >= 4 is 15.7 Å². The molecule has 0 bridgehead atoms. The summed E-state index contributed by atoms with van der Waals surface area (Å²) in [6.45, 7) is 2.11. The van der Waals surface area contributed by atoms with Crippen LogP contribution in [0.2, 0.25) is 0 Å². The van der Waals surface area contributed by atoms with Crippen molar-refractivity contribution in [2.75, 3.05) is 12.8 Å². The van der Waals surface area contributed by atoms with E-state index >= 15 is 0 Å². The standard InChI is InChI=1S/C14H17N3O2S/c1-11-7-13(15)9-14(8-11)20(18,19)17(2)10-12-3-5-16-6-4-12/h3-9H,10,15H2,1-2H3. The molecule has 106 valence electrons. The third kappa shape index (κ3) is 3.15. The predicted octanol–water partition coefficient (Wildman–Crippen LogP) is 1.79. The average Bonchev–Trinajstić information content (AvgIpc) is 2.38. The van der Waals surface area contributed by atoms with Gasteiger partial charge in [-0.1, -0.05) is 0 Å². The number of anilines is 1. The Kier molecular flexibility index (Phi) is 4.06. The average molecular weight is 291 g/mol. The Hall–Kier alpha value is -1.92. The number of nitrogens with two attached hydrogens (primary N) is 1. The van der Waals surface area contributed by atoms with E-state index < -0.39 is 10.0 Å². The van der Waals surface area contributed by atoms with Crippen LogP contribution in [0.15, 0.2) is 47.6 Å². The van der Waals surface area contributed by atoms with E-state index in [4.69, 9.17) is 5.73 Å². The number of nitrogen functional groups attached to an aromatic ring is 1. The maximum absolute atomic E-state index is 12.5. The number of benzene rings is 1. The molecular weight excluding hydrogens is 274 g/mol. The second-order valence-corrected chi connectivity index (χ2v) is 6.74. The van der Waals surface area contributed by atoms with Gasteiger partial charge in [0, 0.05) is 31.7 Å². The van der Waals surface area contributed by atoms with Gasteiger partial charge < -0.3 is 5.73 Å². The topological polar surface area (TPSA) is 76.3 Å². The van der Waals surface area contributed by atoms with Gasteiger partial charge in [-0.05, 0) is 48.4 Å². The molecule has 0 atom stereocenters. The van der Waals surface area contributed by atoms with Crippen LogP contribution in [0.3, 0.4) is 0 Å². The molecule has 0 saturated carbocycles. The van der Waals surface area contributed by atoms with Crippen LogP contribution in [0, 0.1) is 6.92 Å². The predicted molar refractivity (Wildman–Crippen MR) is 78.5 cm³/mol. The summed E-state index contributed by atoms with van der Waals surface area (Å²) in [4.78, 5) is 4.13. The van der Waals surface area contributed by atoms with Crippen molar-refractivity contribution in [1.82, 2.24) is 9.29 Å². The highest BCUT2D eigenvalue weighted by Crippen LogP contribution is 2.20. The third-order valence-corrected chi connectivity index (χ3v) is 4.72. The first kappa shape index (κ1) is 14.5. The van der Waals surface area contributed by atoms with E-state index in [2.05, 4.69) is 4.98 Å². The molecule has 2 aromatic rings. The molecular formula is C14H17N3O2S. The molecule has 0 amide bonds. The Morgan fingerprint density at radius 1 is 1.20 bits per heavy atom. The van der Waals surface area contributed by atoms with Gasteiger partial charge >= 0.3 is 0 Å². The molecule has 2 N–H and O–H groups in total.